The number of halogens is 1. The fourth-order valence-corrected chi connectivity index (χ4v) is 10.7. The third-order valence-electron chi connectivity index (χ3n) is 15.1. The minimum Gasteiger partial charge on any atom is -0.458 e. The number of nitrogens with zero attached hydrogens (tertiary/aromatic N) is 3. The smallest absolute Gasteiger partial charge is 0.260 e. The molecule has 0 bridgehead atoms. The van der Waals surface area contributed by atoms with Gasteiger partial charge in [0.15, 0.2) is 0 Å². The van der Waals surface area contributed by atoms with Crippen molar-refractivity contribution in [1.29, 1.82) is 0 Å². The molecule has 0 saturated carbocycles. The van der Waals surface area contributed by atoms with E-state index in [4.69, 9.17) is 14.5 Å². The van der Waals surface area contributed by atoms with Crippen LogP contribution in [0.25, 0.3) is 61.3 Å². The number of aryl methyl sites for hydroxylation is 2. The van der Waals surface area contributed by atoms with Crippen LogP contribution in [0.1, 0.15) is 114 Å². The third kappa shape index (κ3) is 9.60. The molecule has 0 aliphatic carbocycles. The molecule has 8 heteroatoms. The fraction of sp³-hybridized carbons (Fsp3) is 0.235. The number of aromatic nitrogens is 3. The Bertz CT molecular complexity index is 3800. The Balaban J connectivity index is 0.000000354. The molecule has 0 amide bonds. The van der Waals surface area contributed by atoms with Gasteiger partial charge in [-0.3, -0.25) is 9.37 Å². The summed E-state index contributed by atoms with van der Waals surface area (Å²) in [5, 5.41) is 2.15. The Kier molecular flexibility index (Phi) is 13.8. The topological polar surface area (TPSA) is 49.2 Å². The van der Waals surface area contributed by atoms with Crippen molar-refractivity contribution in [3.63, 3.8) is 0 Å². The first kappa shape index (κ1) is 52.3. The summed E-state index contributed by atoms with van der Waals surface area (Å²) < 4.78 is 29.0. The van der Waals surface area contributed by atoms with Crippen LogP contribution in [0.15, 0.2) is 152 Å². The molecule has 10 aromatic rings. The molecule has 0 fully saturated rings. The minimum absolute atomic E-state index is 0. The zero-order valence-corrected chi connectivity index (χ0v) is 47.9. The molecule has 0 atom stereocenters. The van der Waals surface area contributed by atoms with E-state index < -0.39 is 0 Å². The maximum atomic E-state index is 12.7. The molecule has 2 aliphatic heterocycles. The first-order valence-corrected chi connectivity index (χ1v) is 26.3. The van der Waals surface area contributed by atoms with Crippen molar-refractivity contribution in [2.45, 2.75) is 106 Å². The van der Waals surface area contributed by atoms with Crippen molar-refractivity contribution < 1.29 is 34.0 Å². The van der Waals surface area contributed by atoms with Gasteiger partial charge < -0.3 is 19.0 Å². The van der Waals surface area contributed by atoms with Gasteiger partial charge in [0.1, 0.15) is 23.0 Å². The van der Waals surface area contributed by atoms with E-state index in [-0.39, 0.29) is 43.5 Å². The Hall–Kier alpha value is -7.12. The van der Waals surface area contributed by atoms with Crippen molar-refractivity contribution in [2.24, 2.45) is 0 Å². The van der Waals surface area contributed by atoms with Crippen LogP contribution in [0.4, 0.5) is 4.39 Å². The Labute approximate surface area is 462 Å². The molecule has 383 valence electrons. The maximum absolute atomic E-state index is 12.7. The van der Waals surface area contributed by atoms with Crippen molar-refractivity contribution in [2.75, 3.05) is 0 Å². The molecular formula is C68H63BFIrN3O2-2. The van der Waals surface area contributed by atoms with Gasteiger partial charge in [0, 0.05) is 48.7 Å². The van der Waals surface area contributed by atoms with Crippen LogP contribution in [0.2, 0.25) is 0 Å². The first-order valence-electron chi connectivity index (χ1n) is 26.3. The van der Waals surface area contributed by atoms with Crippen LogP contribution < -0.4 is 25.9 Å². The van der Waals surface area contributed by atoms with Crippen molar-refractivity contribution >= 4 is 44.9 Å². The monoisotopic (exact) mass is 1180 g/mol. The zero-order valence-electron chi connectivity index (χ0n) is 45.5. The molecule has 2 aromatic heterocycles. The average Bonchev–Trinajstić information content (AvgIpc) is 3.77. The van der Waals surface area contributed by atoms with E-state index in [2.05, 4.69) is 200 Å². The van der Waals surface area contributed by atoms with Crippen LogP contribution in [0.3, 0.4) is 0 Å². The number of hydrogen-bond donors (Lipinski definition) is 0. The van der Waals surface area contributed by atoms with E-state index in [0.717, 1.165) is 89.6 Å². The Morgan fingerprint density at radius 1 is 0.618 bits per heavy atom. The first-order chi connectivity index (χ1) is 35.8. The standard InChI is InChI=1S/C55H52BN2O2.C13H11FN.Ir/c1-32(2)40-17-14-18-41(33(3)4)51(40)58-46-28-36(20-24-45(46)57-53(58)34-15-12-11-13-16-34)35-19-23-42-37(27-35)29-49-50-52(42)60-48-26-22-39(55(8,9)10)31-44(48)56(50)43-30-38(54(5,6)7)21-25-47(43)59-49;1-9-7-13(15-8-10(9)2)11-3-5-12(14)6-4-11;/h11-15,17-33H,1-10H3;3,5-8H,1-2H3;/q2*-1;. The quantitative estimate of drug-likeness (QED) is 0.123. The molecule has 0 N–H and O–H groups in total. The van der Waals surface area contributed by atoms with E-state index in [0.29, 0.717) is 11.8 Å². The Morgan fingerprint density at radius 3 is 1.88 bits per heavy atom. The van der Waals surface area contributed by atoms with E-state index in [1.165, 1.54) is 56.6 Å². The summed E-state index contributed by atoms with van der Waals surface area (Å²) in [6.45, 7) is 26.8. The molecule has 5 nitrogen and oxygen atoms in total. The second-order valence-electron chi connectivity index (χ2n) is 23.1. The summed E-state index contributed by atoms with van der Waals surface area (Å²) in [5.74, 6) is 4.82. The molecule has 0 saturated heterocycles. The molecule has 8 aromatic carbocycles. The number of benzene rings is 8. The number of ether oxygens (including phenoxy) is 2. The summed E-state index contributed by atoms with van der Waals surface area (Å²) in [5.41, 5.74) is 19.1. The van der Waals surface area contributed by atoms with Gasteiger partial charge >= 0.3 is 0 Å². The summed E-state index contributed by atoms with van der Waals surface area (Å²) >= 11 is 0. The second-order valence-corrected chi connectivity index (χ2v) is 23.1. The van der Waals surface area contributed by atoms with Crippen LogP contribution in [0.5, 0.6) is 23.0 Å². The number of rotatable bonds is 6. The van der Waals surface area contributed by atoms with E-state index in [1.54, 1.807) is 6.07 Å². The predicted molar refractivity (Wildman–Crippen MR) is 309 cm³/mol. The molecule has 12 rings (SSSR count). The molecular weight excluding hydrogens is 1110 g/mol. The van der Waals surface area contributed by atoms with E-state index >= 15 is 0 Å². The number of hydrogen-bond acceptors (Lipinski definition) is 4. The maximum Gasteiger partial charge on any atom is 0.260 e. The SMILES string of the molecule is CC(C)c1cccc(C(C)C)c1-n1c(-c2[c-]cccc2)nc2ccc(-c3ccc4c5c6c(cc4c3)Oc3ccc(C(C)(C)C)cc3B6c3cc(C(C)(C)C)ccc3O5)cc21.Cc1cnc(-c2[c-]cc(F)cc2)cc1C.[Ir]. The third-order valence-corrected chi connectivity index (χ3v) is 15.1. The largest absolute Gasteiger partial charge is 0.458 e. The van der Waals surface area contributed by atoms with Gasteiger partial charge in [-0.2, -0.15) is 0 Å². The van der Waals surface area contributed by atoms with Gasteiger partial charge in [0.25, 0.3) is 6.71 Å². The summed E-state index contributed by atoms with van der Waals surface area (Å²) in [7, 11) is 0. The predicted octanol–water partition coefficient (Wildman–Crippen LogP) is 16.2. The number of imidazole rings is 1. The second kappa shape index (κ2) is 20.1. The normalized spacial score (nSPS) is 12.6. The fourth-order valence-electron chi connectivity index (χ4n) is 10.7. The average molecular weight is 1180 g/mol. The Morgan fingerprint density at radius 2 is 1.28 bits per heavy atom. The minimum atomic E-state index is -0.275. The summed E-state index contributed by atoms with van der Waals surface area (Å²) in [6.07, 6.45) is 1.82. The number of fused-ring (bicyclic) bond motifs is 7. The van der Waals surface area contributed by atoms with Crippen LogP contribution in [-0.2, 0) is 30.9 Å². The van der Waals surface area contributed by atoms with Gasteiger partial charge in [-0.05, 0) is 134 Å². The van der Waals surface area contributed by atoms with E-state index in [9.17, 15) is 4.39 Å². The summed E-state index contributed by atoms with van der Waals surface area (Å²) in [6, 6.07) is 56.9. The molecule has 76 heavy (non-hydrogen) atoms. The van der Waals surface area contributed by atoms with Gasteiger partial charge in [-0.1, -0.05) is 142 Å². The van der Waals surface area contributed by atoms with Crippen molar-refractivity contribution in [3.05, 3.63) is 203 Å². The number of pyridine rings is 1. The molecule has 1 radical (unpaired) electrons. The van der Waals surface area contributed by atoms with Gasteiger partial charge in [0.05, 0.1) is 16.9 Å². The van der Waals surface area contributed by atoms with Crippen LogP contribution in [0, 0.1) is 31.8 Å². The number of para-hydroxylation sites is 1. The van der Waals surface area contributed by atoms with Gasteiger partial charge in [0.2, 0.25) is 0 Å². The van der Waals surface area contributed by atoms with Crippen LogP contribution in [-0.4, -0.2) is 21.2 Å². The van der Waals surface area contributed by atoms with Gasteiger partial charge in [-0.15, -0.1) is 65.7 Å². The van der Waals surface area contributed by atoms with Crippen molar-refractivity contribution in [1.82, 2.24) is 14.5 Å². The van der Waals surface area contributed by atoms with Crippen LogP contribution >= 0.6 is 0 Å². The van der Waals surface area contributed by atoms with Crippen molar-refractivity contribution in [3.8, 4) is 62.5 Å². The molecule has 4 heterocycles. The molecule has 0 spiro atoms. The summed E-state index contributed by atoms with van der Waals surface area (Å²) in [4.78, 5) is 9.59. The zero-order chi connectivity index (χ0) is 52.7. The molecule has 2 aliphatic rings. The van der Waals surface area contributed by atoms with Gasteiger partial charge in [-0.25, -0.2) is 0 Å². The molecule has 0 unspecified atom stereocenters. The van der Waals surface area contributed by atoms with E-state index in [1.807, 2.05) is 38.2 Å².